The van der Waals surface area contributed by atoms with E-state index in [0.29, 0.717) is 17.4 Å². The first kappa shape index (κ1) is 26.9. The molecule has 1 aliphatic rings. The number of anilines is 1. The van der Waals surface area contributed by atoms with Gasteiger partial charge in [0, 0.05) is 25.7 Å². The number of ether oxygens (including phenoxy) is 1. The Balaban J connectivity index is 1.08. The third kappa shape index (κ3) is 6.21. The molecule has 2 aromatic carbocycles. The highest BCUT2D eigenvalue weighted by molar-refractivity contribution is 7.17. The lowest BCUT2D eigenvalue weighted by Crippen LogP contribution is -2.39. The Kier molecular flexibility index (Phi) is 7.63. The molecule has 208 valence electrons. The molecule has 0 unspecified atom stereocenters. The predicted molar refractivity (Wildman–Crippen MR) is 160 cm³/mol. The predicted octanol–water partition coefficient (Wildman–Crippen LogP) is 6.00. The lowest BCUT2D eigenvalue weighted by molar-refractivity contribution is 0.209. The zero-order valence-electron chi connectivity index (χ0n) is 23.5. The summed E-state index contributed by atoms with van der Waals surface area (Å²) in [4.78, 5) is 12.0. The maximum absolute atomic E-state index is 9.29. The first-order valence-corrected chi connectivity index (χ1v) is 14.7. The first-order chi connectivity index (χ1) is 19.9. The molecule has 9 nitrogen and oxygen atoms in total. The summed E-state index contributed by atoms with van der Waals surface area (Å²) >= 11 is 1.56. The van der Waals surface area contributed by atoms with Gasteiger partial charge in [-0.3, -0.25) is 4.90 Å². The van der Waals surface area contributed by atoms with Crippen LogP contribution in [0, 0.1) is 32.1 Å². The number of nitriles is 1. The van der Waals surface area contributed by atoms with Crippen LogP contribution >= 0.6 is 11.3 Å². The fourth-order valence-electron chi connectivity index (χ4n) is 5.26. The van der Waals surface area contributed by atoms with Crippen molar-refractivity contribution in [1.82, 2.24) is 29.9 Å². The number of rotatable bonds is 8. The van der Waals surface area contributed by atoms with Crippen molar-refractivity contribution in [1.29, 1.82) is 5.26 Å². The van der Waals surface area contributed by atoms with Crippen LogP contribution in [0.15, 0.2) is 54.0 Å². The second-order valence-corrected chi connectivity index (χ2v) is 11.6. The Morgan fingerprint density at radius 2 is 1.78 bits per heavy atom. The summed E-state index contributed by atoms with van der Waals surface area (Å²) in [5.41, 5.74) is 6.76. The number of thiophene rings is 1. The van der Waals surface area contributed by atoms with Crippen LogP contribution in [0.4, 0.5) is 5.95 Å². The summed E-state index contributed by atoms with van der Waals surface area (Å²) in [5.74, 6) is 1.84. The van der Waals surface area contributed by atoms with E-state index >= 15 is 0 Å². The molecule has 0 amide bonds. The van der Waals surface area contributed by atoms with Gasteiger partial charge in [-0.2, -0.15) is 10.2 Å². The number of nitrogens with one attached hydrogen (secondary N) is 1. The minimum atomic E-state index is 0.269. The molecule has 3 aromatic heterocycles. The largest absolute Gasteiger partial charge is 0.437 e. The third-order valence-electron chi connectivity index (χ3n) is 7.42. The molecule has 5 aromatic rings. The number of likely N-dealkylation sites (tertiary alicyclic amines) is 1. The summed E-state index contributed by atoms with van der Waals surface area (Å²) in [7, 11) is 0. The normalized spacial score (nSPS) is 14.3. The number of aryl methyl sites for hydroxylation is 3. The Morgan fingerprint density at radius 1 is 1.02 bits per heavy atom. The van der Waals surface area contributed by atoms with E-state index in [9.17, 15) is 5.26 Å². The van der Waals surface area contributed by atoms with Crippen LogP contribution in [0.1, 0.15) is 46.4 Å². The van der Waals surface area contributed by atoms with Gasteiger partial charge in [0.25, 0.3) is 0 Å². The van der Waals surface area contributed by atoms with E-state index in [1.807, 2.05) is 48.3 Å². The van der Waals surface area contributed by atoms with E-state index < -0.39 is 0 Å². The molecular weight excluding hydrogens is 532 g/mol. The molecule has 10 heteroatoms. The fraction of sp³-hybridized carbons (Fsp3) is 0.323. The molecule has 0 spiro atoms. The molecule has 0 atom stereocenters. The molecule has 41 heavy (non-hydrogen) atoms. The monoisotopic (exact) mass is 564 g/mol. The molecule has 1 N–H and O–H groups in total. The third-order valence-corrected chi connectivity index (χ3v) is 8.31. The van der Waals surface area contributed by atoms with Crippen molar-refractivity contribution in [3.05, 3.63) is 87.6 Å². The number of benzene rings is 2. The highest BCUT2D eigenvalue weighted by Crippen LogP contribution is 2.36. The summed E-state index contributed by atoms with van der Waals surface area (Å²) in [5, 5.41) is 23.6. The smallest absolute Gasteiger partial charge is 0.242 e. The van der Waals surface area contributed by atoms with Gasteiger partial charge in [0.1, 0.15) is 10.4 Å². The van der Waals surface area contributed by atoms with Gasteiger partial charge in [0.15, 0.2) is 0 Å². The summed E-state index contributed by atoms with van der Waals surface area (Å²) < 4.78 is 9.17. The minimum absolute atomic E-state index is 0.269. The van der Waals surface area contributed by atoms with E-state index in [1.54, 1.807) is 11.3 Å². The van der Waals surface area contributed by atoms with Crippen molar-refractivity contribution in [2.75, 3.05) is 18.4 Å². The Morgan fingerprint density at radius 3 is 2.51 bits per heavy atom. The zero-order chi connectivity index (χ0) is 28.3. The summed E-state index contributed by atoms with van der Waals surface area (Å²) in [6.45, 7) is 9.42. The lowest BCUT2D eigenvalue weighted by atomic mass is 10.1. The van der Waals surface area contributed by atoms with Crippen molar-refractivity contribution in [3.8, 4) is 17.7 Å². The van der Waals surface area contributed by atoms with Crippen LogP contribution in [0.2, 0.25) is 0 Å². The van der Waals surface area contributed by atoms with E-state index in [0.717, 1.165) is 71.8 Å². The number of aromatic nitrogens is 5. The van der Waals surface area contributed by atoms with Crippen molar-refractivity contribution in [2.45, 2.75) is 52.7 Å². The van der Waals surface area contributed by atoms with Gasteiger partial charge in [0.2, 0.25) is 11.8 Å². The standard InChI is InChI=1S/C31H32N8OS/c1-20-4-6-23(7-5-20)17-39-19-26(36-37-39)18-38-11-8-25(9-12-38)33-31-34-27-10-13-41-29(27)30(35-31)40-28-21(2)14-24(16-32)15-22(28)3/h4-7,10,13-15,19,25H,8-9,11-12,17-18H2,1-3H3,(H,33,34,35). The van der Waals surface area contributed by atoms with Crippen LogP contribution in [0.25, 0.3) is 10.2 Å². The summed E-state index contributed by atoms with van der Waals surface area (Å²) in [6, 6.07) is 16.7. The average molecular weight is 565 g/mol. The maximum atomic E-state index is 9.29. The minimum Gasteiger partial charge on any atom is -0.437 e. The second kappa shape index (κ2) is 11.6. The van der Waals surface area contributed by atoms with Crippen molar-refractivity contribution < 1.29 is 4.74 Å². The Bertz CT molecular complexity index is 1690. The molecule has 0 bridgehead atoms. The number of hydrogen-bond donors (Lipinski definition) is 1. The van der Waals surface area contributed by atoms with Gasteiger partial charge >= 0.3 is 0 Å². The fourth-order valence-corrected chi connectivity index (χ4v) is 6.01. The van der Waals surface area contributed by atoms with Crippen LogP contribution in [0.3, 0.4) is 0 Å². The molecule has 1 aliphatic heterocycles. The van der Waals surface area contributed by atoms with Gasteiger partial charge in [-0.25, -0.2) is 9.67 Å². The highest BCUT2D eigenvalue weighted by atomic mass is 32.1. The number of piperidine rings is 1. The van der Waals surface area contributed by atoms with E-state index in [2.05, 4.69) is 57.8 Å². The van der Waals surface area contributed by atoms with Crippen LogP contribution in [0.5, 0.6) is 11.6 Å². The van der Waals surface area contributed by atoms with Crippen molar-refractivity contribution in [2.24, 2.45) is 0 Å². The van der Waals surface area contributed by atoms with Crippen LogP contribution in [-0.4, -0.2) is 49.0 Å². The van der Waals surface area contributed by atoms with Crippen molar-refractivity contribution >= 4 is 27.5 Å². The SMILES string of the molecule is Cc1ccc(Cn2cc(CN3CCC(Nc4nc(Oc5c(C)cc(C#N)cc5C)c5sccc5n4)CC3)nn2)cc1. The topological polar surface area (TPSA) is 105 Å². The molecule has 1 saturated heterocycles. The van der Waals surface area contributed by atoms with E-state index in [1.165, 1.54) is 11.1 Å². The number of fused-ring (bicyclic) bond motifs is 1. The maximum Gasteiger partial charge on any atom is 0.242 e. The number of hydrogen-bond acceptors (Lipinski definition) is 9. The Hall–Kier alpha value is -4.33. The van der Waals surface area contributed by atoms with Gasteiger partial charge in [-0.15, -0.1) is 16.4 Å². The Labute approximate surface area is 243 Å². The summed E-state index contributed by atoms with van der Waals surface area (Å²) in [6.07, 6.45) is 4.01. The molecule has 6 rings (SSSR count). The van der Waals surface area contributed by atoms with E-state index in [-0.39, 0.29) is 6.04 Å². The first-order valence-electron chi connectivity index (χ1n) is 13.8. The van der Waals surface area contributed by atoms with Gasteiger partial charge in [-0.1, -0.05) is 35.0 Å². The average Bonchev–Trinajstić information content (AvgIpc) is 3.62. The lowest BCUT2D eigenvalue weighted by Gasteiger charge is -2.31. The van der Waals surface area contributed by atoms with Gasteiger partial charge < -0.3 is 10.1 Å². The second-order valence-electron chi connectivity index (χ2n) is 10.7. The quantitative estimate of drug-likeness (QED) is 0.245. The van der Waals surface area contributed by atoms with Crippen LogP contribution in [-0.2, 0) is 13.1 Å². The molecular formula is C31H32N8OS. The van der Waals surface area contributed by atoms with Gasteiger partial charge in [0.05, 0.1) is 35.6 Å². The van der Waals surface area contributed by atoms with Crippen LogP contribution < -0.4 is 10.1 Å². The molecule has 0 saturated carbocycles. The molecule has 0 radical (unpaired) electrons. The zero-order valence-corrected chi connectivity index (χ0v) is 24.3. The number of nitrogens with zero attached hydrogens (tertiary/aromatic N) is 7. The molecule has 0 aliphatic carbocycles. The van der Waals surface area contributed by atoms with E-state index in [4.69, 9.17) is 14.7 Å². The molecule has 4 heterocycles. The molecule has 1 fully saturated rings. The van der Waals surface area contributed by atoms with Gasteiger partial charge in [-0.05, 0) is 73.9 Å². The van der Waals surface area contributed by atoms with Crippen molar-refractivity contribution in [3.63, 3.8) is 0 Å². The highest BCUT2D eigenvalue weighted by Gasteiger charge is 2.22.